The normalized spacial score (nSPS) is 9.76. The third-order valence-corrected chi connectivity index (χ3v) is 2.21. The minimum atomic E-state index is -0.467. The number of hydrogen-bond acceptors (Lipinski definition) is 4. The van der Waals surface area contributed by atoms with Gasteiger partial charge >= 0.3 is 5.97 Å². The Balaban J connectivity index is 2.47. The van der Waals surface area contributed by atoms with Crippen LogP contribution in [0.2, 0.25) is 0 Å². The molecule has 0 atom stereocenters. The van der Waals surface area contributed by atoms with E-state index in [0.717, 1.165) is 11.3 Å². The zero-order valence-corrected chi connectivity index (χ0v) is 10.1. The Morgan fingerprint density at radius 3 is 2.35 bits per heavy atom. The van der Waals surface area contributed by atoms with E-state index in [4.69, 9.17) is 9.47 Å². The van der Waals surface area contributed by atoms with Crippen molar-refractivity contribution in [2.24, 2.45) is 0 Å². The van der Waals surface area contributed by atoms with E-state index in [1.54, 1.807) is 26.2 Å². The standard InChI is InChI=1S/C13H16O4/c1-3-17-13(15)9-11(14)8-10-4-6-12(16-2)7-5-10/h4-7H,3,8-9H2,1-2H3. The van der Waals surface area contributed by atoms with Crippen molar-refractivity contribution >= 4 is 11.8 Å². The van der Waals surface area contributed by atoms with Crippen LogP contribution in [-0.2, 0) is 20.7 Å². The zero-order chi connectivity index (χ0) is 12.7. The fraction of sp³-hybridized carbons (Fsp3) is 0.385. The Morgan fingerprint density at radius 1 is 1.18 bits per heavy atom. The van der Waals surface area contributed by atoms with E-state index >= 15 is 0 Å². The first kappa shape index (κ1) is 13.2. The number of Topliss-reactive ketones (excluding diaryl/α,β-unsaturated/α-hetero) is 1. The Labute approximate surface area is 101 Å². The molecular weight excluding hydrogens is 220 g/mol. The van der Waals surface area contributed by atoms with Crippen LogP contribution < -0.4 is 4.74 Å². The summed E-state index contributed by atoms with van der Waals surface area (Å²) in [6.45, 7) is 2.01. The molecular formula is C13H16O4. The van der Waals surface area contributed by atoms with E-state index < -0.39 is 5.97 Å². The Morgan fingerprint density at radius 2 is 1.82 bits per heavy atom. The number of esters is 1. The molecule has 0 aliphatic heterocycles. The summed E-state index contributed by atoms with van der Waals surface area (Å²) in [4.78, 5) is 22.6. The van der Waals surface area contributed by atoms with Crippen molar-refractivity contribution in [2.75, 3.05) is 13.7 Å². The first-order chi connectivity index (χ1) is 8.15. The molecule has 4 heteroatoms. The van der Waals surface area contributed by atoms with Crippen LogP contribution >= 0.6 is 0 Å². The van der Waals surface area contributed by atoms with Crippen LogP contribution in [0.4, 0.5) is 0 Å². The van der Waals surface area contributed by atoms with Crippen LogP contribution in [0.25, 0.3) is 0 Å². The predicted molar refractivity (Wildman–Crippen MR) is 63.0 cm³/mol. The number of ether oxygens (including phenoxy) is 2. The van der Waals surface area contributed by atoms with Crippen LogP contribution in [0, 0.1) is 0 Å². The highest BCUT2D eigenvalue weighted by Gasteiger charge is 2.10. The predicted octanol–water partition coefficient (Wildman–Crippen LogP) is 1.76. The van der Waals surface area contributed by atoms with E-state index in [1.807, 2.05) is 12.1 Å². The van der Waals surface area contributed by atoms with E-state index in [2.05, 4.69) is 0 Å². The molecule has 0 spiro atoms. The second kappa shape index (κ2) is 6.68. The molecule has 92 valence electrons. The molecule has 1 aromatic rings. The molecule has 0 aliphatic carbocycles. The summed E-state index contributed by atoms with van der Waals surface area (Å²) in [5.41, 5.74) is 0.861. The molecule has 0 bridgehead atoms. The van der Waals surface area contributed by atoms with Gasteiger partial charge in [-0.1, -0.05) is 12.1 Å². The lowest BCUT2D eigenvalue weighted by Crippen LogP contribution is -2.12. The monoisotopic (exact) mass is 236 g/mol. The van der Waals surface area contributed by atoms with Gasteiger partial charge in [0, 0.05) is 6.42 Å². The lowest BCUT2D eigenvalue weighted by atomic mass is 10.1. The average Bonchev–Trinajstić information content (AvgIpc) is 2.30. The van der Waals surface area contributed by atoms with Gasteiger partial charge in [0.15, 0.2) is 0 Å². The van der Waals surface area contributed by atoms with Gasteiger partial charge in [-0.3, -0.25) is 9.59 Å². The summed E-state index contributed by atoms with van der Waals surface area (Å²) < 4.78 is 9.72. The molecule has 0 heterocycles. The van der Waals surface area contributed by atoms with Gasteiger partial charge in [0.05, 0.1) is 13.7 Å². The van der Waals surface area contributed by atoms with Gasteiger partial charge in [-0.2, -0.15) is 0 Å². The molecule has 0 radical (unpaired) electrons. The Hall–Kier alpha value is -1.84. The third kappa shape index (κ3) is 4.68. The van der Waals surface area contributed by atoms with Gasteiger partial charge in [-0.15, -0.1) is 0 Å². The lowest BCUT2D eigenvalue weighted by molar-refractivity contribution is -0.145. The van der Waals surface area contributed by atoms with Gasteiger partial charge in [-0.05, 0) is 24.6 Å². The summed E-state index contributed by atoms with van der Waals surface area (Å²) in [7, 11) is 1.58. The van der Waals surface area contributed by atoms with Gasteiger partial charge in [0.1, 0.15) is 18.0 Å². The smallest absolute Gasteiger partial charge is 0.313 e. The van der Waals surface area contributed by atoms with Crippen molar-refractivity contribution in [2.45, 2.75) is 19.8 Å². The van der Waals surface area contributed by atoms with Crippen molar-refractivity contribution < 1.29 is 19.1 Å². The number of carbonyl (C=O) groups excluding carboxylic acids is 2. The molecule has 4 nitrogen and oxygen atoms in total. The van der Waals surface area contributed by atoms with Crippen molar-refractivity contribution in [3.63, 3.8) is 0 Å². The van der Waals surface area contributed by atoms with Crippen LogP contribution in [0.15, 0.2) is 24.3 Å². The second-order valence-corrected chi connectivity index (χ2v) is 3.55. The van der Waals surface area contributed by atoms with Crippen molar-refractivity contribution in [1.82, 2.24) is 0 Å². The van der Waals surface area contributed by atoms with E-state index in [1.165, 1.54) is 0 Å². The number of benzene rings is 1. The molecule has 0 N–H and O–H groups in total. The summed E-state index contributed by atoms with van der Waals surface area (Å²) in [6, 6.07) is 7.18. The van der Waals surface area contributed by atoms with Crippen LogP contribution in [0.5, 0.6) is 5.75 Å². The third-order valence-electron chi connectivity index (χ3n) is 2.21. The van der Waals surface area contributed by atoms with E-state index in [9.17, 15) is 9.59 Å². The first-order valence-electron chi connectivity index (χ1n) is 5.46. The highest BCUT2D eigenvalue weighted by atomic mass is 16.5. The molecule has 17 heavy (non-hydrogen) atoms. The van der Waals surface area contributed by atoms with Crippen molar-refractivity contribution in [3.8, 4) is 5.75 Å². The van der Waals surface area contributed by atoms with Gasteiger partial charge in [-0.25, -0.2) is 0 Å². The second-order valence-electron chi connectivity index (χ2n) is 3.55. The molecule has 0 saturated heterocycles. The first-order valence-corrected chi connectivity index (χ1v) is 5.46. The summed E-state index contributed by atoms with van der Waals surface area (Å²) in [6.07, 6.45) is 0.0721. The minimum Gasteiger partial charge on any atom is -0.497 e. The zero-order valence-electron chi connectivity index (χ0n) is 10.1. The molecule has 0 aliphatic rings. The lowest BCUT2D eigenvalue weighted by Gasteiger charge is -2.03. The summed E-state index contributed by atoms with van der Waals surface area (Å²) >= 11 is 0. The van der Waals surface area contributed by atoms with Gasteiger partial charge in [0.2, 0.25) is 0 Å². The number of hydrogen-bond donors (Lipinski definition) is 0. The fourth-order valence-corrected chi connectivity index (χ4v) is 1.41. The number of ketones is 1. The minimum absolute atomic E-state index is 0.145. The molecule has 0 fully saturated rings. The van der Waals surface area contributed by atoms with Crippen LogP contribution in [-0.4, -0.2) is 25.5 Å². The maximum absolute atomic E-state index is 11.5. The maximum Gasteiger partial charge on any atom is 0.313 e. The Bertz CT molecular complexity index is 381. The Kier molecular flexibility index (Phi) is 5.20. The molecule has 0 saturated carbocycles. The molecule has 1 rings (SSSR count). The van der Waals surface area contributed by atoms with Crippen molar-refractivity contribution in [3.05, 3.63) is 29.8 Å². The van der Waals surface area contributed by atoms with E-state index in [-0.39, 0.29) is 18.6 Å². The highest BCUT2D eigenvalue weighted by molar-refractivity contribution is 5.96. The van der Waals surface area contributed by atoms with Gasteiger partial charge in [0.25, 0.3) is 0 Å². The highest BCUT2D eigenvalue weighted by Crippen LogP contribution is 2.12. The van der Waals surface area contributed by atoms with Crippen LogP contribution in [0.3, 0.4) is 0 Å². The number of methoxy groups -OCH3 is 1. The number of carbonyl (C=O) groups is 2. The summed E-state index contributed by atoms with van der Waals surface area (Å²) in [5.74, 6) is 0.131. The molecule has 1 aromatic carbocycles. The SMILES string of the molecule is CCOC(=O)CC(=O)Cc1ccc(OC)cc1. The topological polar surface area (TPSA) is 52.6 Å². The molecule has 0 aromatic heterocycles. The largest absolute Gasteiger partial charge is 0.497 e. The number of rotatable bonds is 6. The average molecular weight is 236 g/mol. The van der Waals surface area contributed by atoms with Crippen LogP contribution in [0.1, 0.15) is 18.9 Å². The van der Waals surface area contributed by atoms with Crippen molar-refractivity contribution in [1.29, 1.82) is 0 Å². The quantitative estimate of drug-likeness (QED) is 0.558. The molecule has 0 unspecified atom stereocenters. The summed E-state index contributed by atoms with van der Waals surface area (Å²) in [5, 5.41) is 0. The maximum atomic E-state index is 11.5. The van der Waals surface area contributed by atoms with Gasteiger partial charge < -0.3 is 9.47 Å². The molecule has 0 amide bonds. The fourth-order valence-electron chi connectivity index (χ4n) is 1.41. The van der Waals surface area contributed by atoms with E-state index in [0.29, 0.717) is 6.61 Å².